The number of rotatable bonds is 3. The number of hydrogen-bond acceptors (Lipinski definition) is 4. The van der Waals surface area contributed by atoms with Crippen LogP contribution in [-0.4, -0.2) is 28.0 Å². The highest BCUT2D eigenvalue weighted by Crippen LogP contribution is 2.31. The normalized spacial score (nSPS) is 13.0. The third-order valence-electron chi connectivity index (χ3n) is 2.00. The molecule has 0 aromatic heterocycles. The average molecular weight is 242 g/mol. The van der Waals surface area contributed by atoms with E-state index >= 15 is 0 Å². The van der Waals surface area contributed by atoms with Crippen molar-refractivity contribution in [1.29, 1.82) is 0 Å². The van der Waals surface area contributed by atoms with Crippen LogP contribution >= 0.6 is 12.2 Å². The van der Waals surface area contributed by atoms with Crippen LogP contribution in [0.25, 0.3) is 0 Å². The van der Waals surface area contributed by atoms with Crippen molar-refractivity contribution in [2.75, 3.05) is 14.1 Å². The Labute approximate surface area is 96.3 Å². The van der Waals surface area contributed by atoms with Crippen LogP contribution in [0, 0.1) is 0 Å². The van der Waals surface area contributed by atoms with Crippen LogP contribution in [0.2, 0.25) is 0 Å². The van der Waals surface area contributed by atoms with Gasteiger partial charge in [-0.05, 0) is 18.3 Å². The molecule has 1 atom stereocenters. The van der Waals surface area contributed by atoms with Crippen LogP contribution in [0.5, 0.6) is 0 Å². The summed E-state index contributed by atoms with van der Waals surface area (Å²) in [7, 11) is 3.11. The van der Waals surface area contributed by atoms with Gasteiger partial charge in [0.15, 0.2) is 17.0 Å². The molecule has 0 aliphatic heterocycles. The Morgan fingerprint density at radius 2 is 2.07 bits per heavy atom. The molecule has 0 bridgehead atoms. The molecule has 1 rings (SSSR count). The maximum atomic E-state index is 11.1. The first kappa shape index (κ1) is 12.2. The van der Waals surface area contributed by atoms with E-state index in [1.54, 1.807) is 38.4 Å². The molecule has 0 fully saturated rings. The molecular formula is C9H10N2O2S2. The number of thiocarbonyl (C=S) groups is 1. The summed E-state index contributed by atoms with van der Waals surface area (Å²) in [5.41, 5.74) is 1.07. The Morgan fingerprint density at radius 1 is 1.47 bits per heavy atom. The van der Waals surface area contributed by atoms with Gasteiger partial charge in [-0.2, -0.15) is 4.99 Å². The van der Waals surface area contributed by atoms with Crippen LogP contribution in [0.3, 0.4) is 0 Å². The van der Waals surface area contributed by atoms with E-state index in [-0.39, 0.29) is 3.89 Å². The van der Waals surface area contributed by atoms with Crippen LogP contribution in [-0.2, 0) is 11.3 Å². The summed E-state index contributed by atoms with van der Waals surface area (Å²) in [6.45, 7) is 0. The van der Waals surface area contributed by atoms with Crippen molar-refractivity contribution in [1.82, 2.24) is 3.89 Å². The number of benzene rings is 1. The van der Waals surface area contributed by atoms with Crippen molar-refractivity contribution in [3.63, 3.8) is 0 Å². The molecule has 1 aromatic rings. The zero-order valence-corrected chi connectivity index (χ0v) is 9.97. The predicted octanol–water partition coefficient (Wildman–Crippen LogP) is 1.78. The van der Waals surface area contributed by atoms with Gasteiger partial charge in [-0.15, -0.1) is 0 Å². The Bertz CT molecular complexity index is 439. The lowest BCUT2D eigenvalue weighted by atomic mass is 10.2. The first-order valence-electron chi connectivity index (χ1n) is 4.11. The average Bonchev–Trinajstić information content (AvgIpc) is 2.18. The Hall–Kier alpha value is -0.910. The number of para-hydroxylation sites is 2. The van der Waals surface area contributed by atoms with Crippen molar-refractivity contribution >= 4 is 40.0 Å². The van der Waals surface area contributed by atoms with Crippen LogP contribution in [0.15, 0.2) is 29.3 Å². The Morgan fingerprint density at radius 3 is 2.60 bits per heavy atom. The van der Waals surface area contributed by atoms with Crippen molar-refractivity contribution in [3.05, 3.63) is 24.3 Å². The second kappa shape index (κ2) is 4.74. The quantitative estimate of drug-likeness (QED) is 0.351. The minimum Gasteiger partial charge on any atom is -0.724 e. The van der Waals surface area contributed by atoms with Gasteiger partial charge in [0.2, 0.25) is 0 Å². The topological polar surface area (TPSA) is 52.5 Å². The van der Waals surface area contributed by atoms with Gasteiger partial charge in [0.1, 0.15) is 5.69 Å². The number of isothiocyanates is 1. The third-order valence-corrected chi connectivity index (χ3v) is 3.03. The molecule has 0 heterocycles. The van der Waals surface area contributed by atoms with E-state index in [0.29, 0.717) is 11.4 Å². The second-order valence-electron chi connectivity index (χ2n) is 3.26. The lowest BCUT2D eigenvalue weighted by molar-refractivity contribution is 0.465. The minimum atomic E-state index is -2.28. The van der Waals surface area contributed by atoms with Crippen LogP contribution in [0.1, 0.15) is 0 Å². The van der Waals surface area contributed by atoms with E-state index in [9.17, 15) is 8.76 Å². The summed E-state index contributed by atoms with van der Waals surface area (Å²) < 4.78 is 21.8. The van der Waals surface area contributed by atoms with Crippen LogP contribution in [0.4, 0.5) is 11.4 Å². The molecule has 1 aromatic carbocycles. The Balaban J connectivity index is 3.36. The van der Waals surface area contributed by atoms with Crippen molar-refractivity contribution in [2.45, 2.75) is 0 Å². The van der Waals surface area contributed by atoms with Gasteiger partial charge in [-0.1, -0.05) is 12.1 Å². The molecule has 4 nitrogen and oxygen atoms in total. The van der Waals surface area contributed by atoms with E-state index in [0.717, 1.165) is 0 Å². The van der Waals surface area contributed by atoms with Gasteiger partial charge < -0.3 is 4.55 Å². The monoisotopic (exact) mass is 242 g/mol. The molecule has 0 N–H and O–H groups in total. The largest absolute Gasteiger partial charge is 0.724 e. The SMILES string of the molecule is C[N+](C)(c1ccccc1N=C=S)S(=O)[O-]. The second-order valence-corrected chi connectivity index (χ2v) is 4.79. The van der Waals surface area contributed by atoms with Gasteiger partial charge in [-0.25, -0.2) is 8.10 Å². The smallest absolute Gasteiger partial charge is 0.171 e. The maximum Gasteiger partial charge on any atom is 0.171 e. The zero-order chi connectivity index (χ0) is 11.5. The number of hydrogen-bond donors (Lipinski definition) is 0. The molecule has 0 amide bonds. The van der Waals surface area contributed by atoms with E-state index in [1.165, 1.54) is 0 Å². The highest BCUT2D eigenvalue weighted by molar-refractivity contribution is 7.78. The van der Waals surface area contributed by atoms with E-state index in [2.05, 4.69) is 22.4 Å². The molecule has 0 saturated carbocycles. The summed E-state index contributed by atoms with van der Waals surface area (Å²) in [6.07, 6.45) is 0. The molecular weight excluding hydrogens is 232 g/mol. The minimum absolute atomic E-state index is 0.295. The maximum absolute atomic E-state index is 11.1. The molecule has 0 saturated heterocycles. The first-order chi connectivity index (χ1) is 7.00. The fraction of sp³-hybridized carbons (Fsp3) is 0.222. The summed E-state index contributed by atoms with van der Waals surface area (Å²) in [4.78, 5) is 3.83. The molecule has 0 aliphatic rings. The van der Waals surface area contributed by atoms with Crippen molar-refractivity contribution < 1.29 is 8.76 Å². The van der Waals surface area contributed by atoms with Gasteiger partial charge in [0.05, 0.1) is 19.3 Å². The fourth-order valence-corrected chi connectivity index (χ4v) is 1.56. The molecule has 1 unspecified atom stereocenters. The van der Waals surface area contributed by atoms with E-state index < -0.39 is 11.3 Å². The Kier molecular flexibility index (Phi) is 3.84. The van der Waals surface area contributed by atoms with Gasteiger partial charge in [0.25, 0.3) is 0 Å². The third kappa shape index (κ3) is 2.56. The van der Waals surface area contributed by atoms with Crippen molar-refractivity contribution in [2.24, 2.45) is 4.99 Å². The van der Waals surface area contributed by atoms with Gasteiger partial charge in [-0.3, -0.25) is 0 Å². The van der Waals surface area contributed by atoms with Crippen molar-refractivity contribution in [3.8, 4) is 0 Å². The summed E-state index contributed by atoms with van der Waals surface area (Å²) in [5, 5.41) is 2.23. The number of quaternary nitrogens is 1. The fourth-order valence-electron chi connectivity index (χ4n) is 1.14. The standard InChI is InChI=1S/C9H10N2O2S2/c1-11(2,15(12)13)9-6-4-3-5-8(9)10-7-14/h3-6H,1-2H3. The lowest BCUT2D eigenvalue weighted by Gasteiger charge is -2.29. The first-order valence-corrected chi connectivity index (χ1v) is 5.55. The van der Waals surface area contributed by atoms with E-state index in [4.69, 9.17) is 0 Å². The summed E-state index contributed by atoms with van der Waals surface area (Å²) in [6, 6.07) is 6.91. The molecule has 80 valence electrons. The highest BCUT2D eigenvalue weighted by Gasteiger charge is 2.24. The lowest BCUT2D eigenvalue weighted by Crippen LogP contribution is -2.41. The molecule has 15 heavy (non-hydrogen) atoms. The summed E-state index contributed by atoms with van der Waals surface area (Å²) >= 11 is 2.23. The molecule has 0 spiro atoms. The molecule has 0 aliphatic carbocycles. The van der Waals surface area contributed by atoms with Gasteiger partial charge in [0, 0.05) is 6.07 Å². The molecule has 6 heteroatoms. The van der Waals surface area contributed by atoms with Gasteiger partial charge >= 0.3 is 0 Å². The number of nitrogens with zero attached hydrogens (tertiary/aromatic N) is 2. The summed E-state index contributed by atoms with van der Waals surface area (Å²) in [5.74, 6) is 0. The zero-order valence-electron chi connectivity index (χ0n) is 8.34. The molecule has 0 radical (unpaired) electrons. The predicted molar refractivity (Wildman–Crippen MR) is 63.7 cm³/mol. The number of aliphatic imine (C=N–C) groups is 1. The van der Waals surface area contributed by atoms with E-state index in [1.807, 2.05) is 0 Å². The van der Waals surface area contributed by atoms with Crippen LogP contribution < -0.4 is 3.89 Å². The highest BCUT2D eigenvalue weighted by atomic mass is 32.2.